The van der Waals surface area contributed by atoms with Gasteiger partial charge in [0.25, 0.3) is 0 Å². The van der Waals surface area contributed by atoms with E-state index in [1.54, 1.807) is 42.5 Å². The van der Waals surface area contributed by atoms with Gasteiger partial charge in [-0.2, -0.15) is 0 Å². The Bertz CT molecular complexity index is 826. The van der Waals surface area contributed by atoms with Gasteiger partial charge in [-0.1, -0.05) is 29.8 Å². The molecule has 0 saturated carbocycles. The largest absolute Gasteiger partial charge is 0.469 e. The van der Waals surface area contributed by atoms with Gasteiger partial charge >= 0.3 is 11.9 Å². The van der Waals surface area contributed by atoms with Crippen LogP contribution in [-0.2, 0) is 14.3 Å². The van der Waals surface area contributed by atoms with Gasteiger partial charge in [-0.25, -0.2) is 4.79 Å². The van der Waals surface area contributed by atoms with Crippen molar-refractivity contribution in [1.29, 1.82) is 0 Å². The number of carbonyl (C=O) groups is 3. The molecule has 0 spiro atoms. The quantitative estimate of drug-likeness (QED) is 0.628. The summed E-state index contributed by atoms with van der Waals surface area (Å²) in [7, 11) is 1.26. The van der Waals surface area contributed by atoms with E-state index in [1.807, 2.05) is 0 Å². The van der Waals surface area contributed by atoms with Crippen LogP contribution in [0, 0.1) is 0 Å². The lowest BCUT2D eigenvalue weighted by molar-refractivity contribution is -0.142. The molecule has 3 rings (SSSR count). The Hall–Kier alpha value is -2.66. The highest BCUT2D eigenvalue weighted by atomic mass is 35.5. The number of hydrogen-bond donors (Lipinski definition) is 0. The first-order valence-corrected chi connectivity index (χ1v) is 7.60. The molecule has 0 amide bonds. The predicted octanol–water partition coefficient (Wildman–Crippen LogP) is 3.35. The van der Waals surface area contributed by atoms with Gasteiger partial charge in [0.2, 0.25) is 0 Å². The number of ketones is 1. The van der Waals surface area contributed by atoms with Crippen LogP contribution in [0.5, 0.6) is 0 Å². The summed E-state index contributed by atoms with van der Waals surface area (Å²) >= 11 is 5.83. The Kier molecular flexibility index (Phi) is 4.36. The van der Waals surface area contributed by atoms with Crippen LogP contribution in [0.15, 0.2) is 42.5 Å². The summed E-state index contributed by atoms with van der Waals surface area (Å²) in [6.45, 7) is 0. The molecule has 1 atom stereocenters. The van der Waals surface area contributed by atoms with Gasteiger partial charge in [0.05, 0.1) is 19.1 Å². The fraction of sp³-hybridized carbons (Fsp3) is 0.167. The monoisotopic (exact) mass is 344 g/mol. The molecule has 1 unspecified atom stereocenters. The predicted molar refractivity (Wildman–Crippen MR) is 86.1 cm³/mol. The molecular formula is C18H13ClO5. The van der Waals surface area contributed by atoms with E-state index in [2.05, 4.69) is 4.74 Å². The van der Waals surface area contributed by atoms with E-state index >= 15 is 0 Å². The standard InChI is InChI=1S/C18H13ClO5/c1-23-15(20)9-14-12-3-2-4-13(16(12)18(22)24-14)17(21)10-5-7-11(19)8-6-10/h2-8,14H,9H2,1H3. The maximum atomic E-state index is 12.7. The van der Waals surface area contributed by atoms with Crippen LogP contribution in [0.4, 0.5) is 0 Å². The number of hydrogen-bond acceptors (Lipinski definition) is 5. The second-order valence-electron chi connectivity index (χ2n) is 5.28. The number of methoxy groups -OCH3 is 1. The van der Waals surface area contributed by atoms with E-state index in [4.69, 9.17) is 16.3 Å². The van der Waals surface area contributed by atoms with E-state index in [1.165, 1.54) is 7.11 Å². The third kappa shape index (κ3) is 2.90. The van der Waals surface area contributed by atoms with E-state index in [0.29, 0.717) is 16.1 Å². The third-order valence-electron chi connectivity index (χ3n) is 3.83. The van der Waals surface area contributed by atoms with Crippen molar-refractivity contribution in [1.82, 2.24) is 0 Å². The maximum Gasteiger partial charge on any atom is 0.339 e. The SMILES string of the molecule is COC(=O)CC1OC(=O)c2c(C(=O)c3ccc(Cl)cc3)cccc21. The summed E-state index contributed by atoms with van der Waals surface area (Å²) in [5.74, 6) is -1.41. The lowest BCUT2D eigenvalue weighted by Gasteiger charge is -2.09. The van der Waals surface area contributed by atoms with Gasteiger partial charge in [-0.05, 0) is 24.3 Å². The van der Waals surface area contributed by atoms with Crippen molar-refractivity contribution >= 4 is 29.3 Å². The molecule has 6 heteroatoms. The van der Waals surface area contributed by atoms with E-state index in [0.717, 1.165) is 0 Å². The Balaban J connectivity index is 2.00. The average Bonchev–Trinajstić information content (AvgIpc) is 2.91. The van der Waals surface area contributed by atoms with Gasteiger partial charge < -0.3 is 9.47 Å². The molecule has 0 aromatic heterocycles. The minimum atomic E-state index is -0.738. The molecule has 0 N–H and O–H groups in total. The van der Waals surface area contributed by atoms with Crippen molar-refractivity contribution < 1.29 is 23.9 Å². The van der Waals surface area contributed by atoms with Gasteiger partial charge in [0, 0.05) is 21.7 Å². The summed E-state index contributed by atoms with van der Waals surface area (Å²) in [6, 6.07) is 11.3. The highest BCUT2D eigenvalue weighted by molar-refractivity contribution is 6.30. The topological polar surface area (TPSA) is 69.7 Å². The van der Waals surface area contributed by atoms with Crippen LogP contribution >= 0.6 is 11.6 Å². The fourth-order valence-electron chi connectivity index (χ4n) is 2.65. The van der Waals surface area contributed by atoms with Gasteiger partial charge in [-0.3, -0.25) is 9.59 Å². The molecular weight excluding hydrogens is 332 g/mol. The molecule has 0 bridgehead atoms. The van der Waals surface area contributed by atoms with Gasteiger partial charge in [0.15, 0.2) is 5.78 Å². The number of benzene rings is 2. The number of fused-ring (bicyclic) bond motifs is 1. The lowest BCUT2D eigenvalue weighted by atomic mass is 9.93. The van der Waals surface area contributed by atoms with Crippen molar-refractivity contribution in [2.24, 2.45) is 0 Å². The molecule has 1 aliphatic heterocycles. The van der Waals surface area contributed by atoms with Crippen LogP contribution in [0.25, 0.3) is 0 Å². The third-order valence-corrected chi connectivity index (χ3v) is 4.08. The van der Waals surface area contributed by atoms with Crippen molar-refractivity contribution in [3.05, 3.63) is 69.7 Å². The van der Waals surface area contributed by atoms with E-state index in [-0.39, 0.29) is 23.3 Å². The second-order valence-corrected chi connectivity index (χ2v) is 5.72. The number of rotatable bonds is 4. The van der Waals surface area contributed by atoms with Crippen LogP contribution in [0.2, 0.25) is 5.02 Å². The molecule has 2 aromatic carbocycles. The molecule has 0 radical (unpaired) electrons. The smallest absolute Gasteiger partial charge is 0.339 e. The fourth-order valence-corrected chi connectivity index (χ4v) is 2.78. The summed E-state index contributed by atoms with van der Waals surface area (Å²) in [5.41, 5.74) is 1.38. The lowest BCUT2D eigenvalue weighted by Crippen LogP contribution is -2.08. The molecule has 122 valence electrons. The summed E-state index contributed by atoms with van der Waals surface area (Å²) in [4.78, 5) is 36.4. The Morgan fingerprint density at radius 3 is 2.54 bits per heavy atom. The minimum absolute atomic E-state index is 0.0895. The first-order valence-electron chi connectivity index (χ1n) is 7.22. The Morgan fingerprint density at radius 2 is 1.88 bits per heavy atom. The van der Waals surface area contributed by atoms with Crippen molar-refractivity contribution in [3.8, 4) is 0 Å². The summed E-state index contributed by atoms with van der Waals surface area (Å²) in [6.07, 6.45) is -0.827. The van der Waals surface area contributed by atoms with Crippen LogP contribution in [0.1, 0.15) is 44.4 Å². The molecule has 0 saturated heterocycles. The van der Waals surface area contributed by atoms with Crippen molar-refractivity contribution in [2.45, 2.75) is 12.5 Å². The van der Waals surface area contributed by atoms with Crippen molar-refractivity contribution in [3.63, 3.8) is 0 Å². The van der Waals surface area contributed by atoms with E-state index in [9.17, 15) is 14.4 Å². The number of halogens is 1. The Labute approximate surface area is 143 Å². The Morgan fingerprint density at radius 1 is 1.17 bits per heavy atom. The molecule has 24 heavy (non-hydrogen) atoms. The van der Waals surface area contributed by atoms with Crippen molar-refractivity contribution in [2.75, 3.05) is 7.11 Å². The van der Waals surface area contributed by atoms with Crippen LogP contribution in [0.3, 0.4) is 0 Å². The first-order chi connectivity index (χ1) is 11.5. The molecule has 2 aromatic rings. The number of esters is 2. The zero-order valence-electron chi connectivity index (χ0n) is 12.7. The zero-order chi connectivity index (χ0) is 17.3. The summed E-state index contributed by atoms with van der Waals surface area (Å²) < 4.78 is 9.85. The number of ether oxygens (including phenoxy) is 2. The maximum absolute atomic E-state index is 12.7. The number of carbonyl (C=O) groups excluding carboxylic acids is 3. The molecule has 0 aliphatic carbocycles. The van der Waals surface area contributed by atoms with Gasteiger partial charge in [-0.15, -0.1) is 0 Å². The normalized spacial score (nSPS) is 15.6. The van der Waals surface area contributed by atoms with Gasteiger partial charge in [0.1, 0.15) is 6.10 Å². The highest BCUT2D eigenvalue weighted by Gasteiger charge is 2.36. The highest BCUT2D eigenvalue weighted by Crippen LogP contribution is 2.36. The van der Waals surface area contributed by atoms with E-state index < -0.39 is 18.0 Å². The second kappa shape index (κ2) is 6.45. The summed E-state index contributed by atoms with van der Waals surface area (Å²) in [5, 5.41) is 0.516. The molecule has 0 fully saturated rings. The molecule has 5 nitrogen and oxygen atoms in total. The first kappa shape index (κ1) is 16.2. The zero-order valence-corrected chi connectivity index (χ0v) is 13.5. The molecule has 1 aliphatic rings. The van der Waals surface area contributed by atoms with Crippen LogP contribution in [-0.4, -0.2) is 24.8 Å². The average molecular weight is 345 g/mol. The molecule has 1 heterocycles. The number of cyclic esters (lactones) is 1. The minimum Gasteiger partial charge on any atom is -0.469 e. The van der Waals surface area contributed by atoms with Crippen LogP contribution < -0.4 is 0 Å².